The van der Waals surface area contributed by atoms with E-state index in [4.69, 9.17) is 9.47 Å². The van der Waals surface area contributed by atoms with Crippen molar-refractivity contribution >= 4 is 6.09 Å². The first-order valence-electron chi connectivity index (χ1n) is 9.60. The van der Waals surface area contributed by atoms with Gasteiger partial charge in [0.25, 0.3) is 0 Å². The third kappa shape index (κ3) is 5.38. The van der Waals surface area contributed by atoms with Crippen LogP contribution < -0.4 is 10.1 Å². The van der Waals surface area contributed by atoms with Crippen LogP contribution in [0.2, 0.25) is 0 Å². The third-order valence-corrected chi connectivity index (χ3v) is 4.70. The normalized spacial score (nSPS) is 20.0. The first-order chi connectivity index (χ1) is 13.2. The van der Waals surface area contributed by atoms with Crippen molar-refractivity contribution < 1.29 is 19.4 Å². The number of nitrogens with zero attached hydrogens (tertiary/aromatic N) is 1. The lowest BCUT2D eigenvalue weighted by Gasteiger charge is -2.35. The van der Waals surface area contributed by atoms with E-state index < -0.39 is 0 Å². The predicted octanol–water partition coefficient (Wildman–Crippen LogP) is 4.37. The lowest BCUT2D eigenvalue weighted by Crippen LogP contribution is -2.46. The maximum Gasteiger partial charge on any atom is 0.407 e. The summed E-state index contributed by atoms with van der Waals surface area (Å²) in [5.74, 6) is 1.09. The highest BCUT2D eigenvalue weighted by atomic mass is 16.6. The fourth-order valence-corrected chi connectivity index (χ4v) is 3.04. The number of ether oxygens (including phenoxy) is 2. The number of phenolic OH excluding ortho intramolecular Hbond substituents is 1. The van der Waals surface area contributed by atoms with Gasteiger partial charge in [0, 0.05) is 30.0 Å². The summed E-state index contributed by atoms with van der Waals surface area (Å²) in [4.78, 5) is 16.3. The second-order valence-corrected chi connectivity index (χ2v) is 8.35. The summed E-state index contributed by atoms with van der Waals surface area (Å²) in [5, 5.41) is 12.2. The summed E-state index contributed by atoms with van der Waals surface area (Å²) in [7, 11) is 0. The van der Waals surface area contributed by atoms with Crippen LogP contribution in [0.5, 0.6) is 11.5 Å². The number of carbonyl (C=O) groups is 1. The number of nitrogens with one attached hydrogen (secondary N) is 1. The maximum atomic E-state index is 11.8. The van der Waals surface area contributed by atoms with E-state index in [-0.39, 0.29) is 35.5 Å². The van der Waals surface area contributed by atoms with Crippen LogP contribution in [0, 0.1) is 0 Å². The quantitative estimate of drug-likeness (QED) is 0.800. The second kappa shape index (κ2) is 8.09. The van der Waals surface area contributed by atoms with Gasteiger partial charge < -0.3 is 19.9 Å². The molecule has 1 unspecified atom stereocenters. The number of amides is 1. The van der Waals surface area contributed by atoms with Crippen molar-refractivity contribution in [2.75, 3.05) is 0 Å². The zero-order valence-corrected chi connectivity index (χ0v) is 16.8. The fourth-order valence-electron chi connectivity index (χ4n) is 3.04. The van der Waals surface area contributed by atoms with E-state index in [9.17, 15) is 9.90 Å². The van der Waals surface area contributed by atoms with Gasteiger partial charge in [0.2, 0.25) is 0 Å². The number of rotatable bonds is 5. The van der Waals surface area contributed by atoms with Crippen molar-refractivity contribution in [2.45, 2.75) is 64.2 Å². The van der Waals surface area contributed by atoms with Gasteiger partial charge in [-0.05, 0) is 50.6 Å². The molecule has 150 valence electrons. The molecule has 0 saturated heterocycles. The van der Waals surface area contributed by atoms with Gasteiger partial charge >= 0.3 is 6.09 Å². The number of alkyl carbamates (subject to hydrolysis) is 1. The molecule has 0 spiro atoms. The van der Waals surface area contributed by atoms with E-state index in [1.54, 1.807) is 18.3 Å². The average Bonchev–Trinajstić information content (AvgIpc) is 2.59. The molecule has 0 bridgehead atoms. The van der Waals surface area contributed by atoms with Crippen LogP contribution in [0.15, 0.2) is 42.6 Å². The van der Waals surface area contributed by atoms with Crippen LogP contribution in [0.1, 0.15) is 57.7 Å². The van der Waals surface area contributed by atoms with Crippen molar-refractivity contribution in [3.05, 3.63) is 53.9 Å². The van der Waals surface area contributed by atoms with Crippen LogP contribution in [-0.2, 0) is 4.74 Å². The molecule has 0 aliphatic heterocycles. The molecule has 3 rings (SSSR count). The highest BCUT2D eigenvalue weighted by molar-refractivity contribution is 5.68. The topological polar surface area (TPSA) is 80.7 Å². The molecule has 2 N–H and O–H groups in total. The van der Waals surface area contributed by atoms with Crippen LogP contribution in [0.4, 0.5) is 4.79 Å². The van der Waals surface area contributed by atoms with Crippen LogP contribution in [0.3, 0.4) is 0 Å². The van der Waals surface area contributed by atoms with Crippen molar-refractivity contribution in [1.29, 1.82) is 0 Å². The molecule has 1 atom stereocenters. The number of benzene rings is 1. The molecule has 1 aliphatic rings. The molecule has 1 amide bonds. The standard InChI is InChI=1S/C22H28N2O4/c1-14(15-5-7-16(25)8-6-15)20-10-9-17(13-23-20)27-18-11-19(12-18)28-21(26)24-22(2,3)4/h5-10,13-14,18-19,25H,11-12H2,1-4H3,(H,24,26). The van der Waals surface area contributed by atoms with Gasteiger partial charge in [-0.3, -0.25) is 4.98 Å². The zero-order chi connectivity index (χ0) is 20.3. The van der Waals surface area contributed by atoms with E-state index in [1.165, 1.54) is 0 Å². The Labute approximate surface area is 165 Å². The average molecular weight is 384 g/mol. The Kier molecular flexibility index (Phi) is 5.77. The molecule has 1 fully saturated rings. The van der Waals surface area contributed by atoms with Crippen molar-refractivity contribution in [1.82, 2.24) is 10.3 Å². The highest BCUT2D eigenvalue weighted by Gasteiger charge is 2.34. The molecular weight excluding hydrogens is 356 g/mol. The number of aromatic nitrogens is 1. The number of phenols is 1. The molecule has 1 saturated carbocycles. The number of hydrogen-bond donors (Lipinski definition) is 2. The summed E-state index contributed by atoms with van der Waals surface area (Å²) in [5.41, 5.74) is 1.72. The minimum atomic E-state index is -0.384. The number of pyridine rings is 1. The molecule has 6 nitrogen and oxygen atoms in total. The largest absolute Gasteiger partial charge is 0.508 e. The smallest absolute Gasteiger partial charge is 0.407 e. The van der Waals surface area contributed by atoms with Crippen molar-refractivity contribution in [3.63, 3.8) is 0 Å². The molecule has 1 aromatic heterocycles. The first-order valence-corrected chi connectivity index (χ1v) is 9.60. The minimum absolute atomic E-state index is 0.0367. The lowest BCUT2D eigenvalue weighted by atomic mass is 9.92. The third-order valence-electron chi connectivity index (χ3n) is 4.70. The van der Waals surface area contributed by atoms with Gasteiger partial charge in [0.15, 0.2) is 0 Å². The molecule has 6 heteroatoms. The van der Waals surface area contributed by atoms with Crippen LogP contribution in [0.25, 0.3) is 0 Å². The Morgan fingerprint density at radius 1 is 1.14 bits per heavy atom. The van der Waals surface area contributed by atoms with E-state index >= 15 is 0 Å². The molecular formula is C22H28N2O4. The summed E-state index contributed by atoms with van der Waals surface area (Å²) >= 11 is 0. The van der Waals surface area contributed by atoms with Crippen LogP contribution in [-0.4, -0.2) is 33.9 Å². The summed E-state index contributed by atoms with van der Waals surface area (Å²) in [6.07, 6.45) is 2.65. The molecule has 1 aliphatic carbocycles. The van der Waals surface area contributed by atoms with Gasteiger partial charge in [0.1, 0.15) is 23.7 Å². The number of aromatic hydroxyl groups is 1. The Morgan fingerprint density at radius 2 is 1.82 bits per heavy atom. The van der Waals surface area contributed by atoms with E-state index in [1.807, 2.05) is 45.0 Å². The molecule has 1 heterocycles. The van der Waals surface area contributed by atoms with Crippen molar-refractivity contribution in [3.8, 4) is 11.5 Å². The van der Waals surface area contributed by atoms with E-state index in [0.717, 1.165) is 11.3 Å². The Balaban J connectivity index is 1.47. The molecule has 28 heavy (non-hydrogen) atoms. The monoisotopic (exact) mass is 384 g/mol. The number of carbonyl (C=O) groups excluding carboxylic acids is 1. The van der Waals surface area contributed by atoms with Gasteiger partial charge in [-0.1, -0.05) is 19.1 Å². The molecule has 2 aromatic rings. The Bertz CT molecular complexity index is 791. The second-order valence-electron chi connectivity index (χ2n) is 8.35. The van der Waals surface area contributed by atoms with E-state index in [2.05, 4.69) is 17.2 Å². The highest BCUT2D eigenvalue weighted by Crippen LogP contribution is 2.30. The Morgan fingerprint density at radius 3 is 2.39 bits per heavy atom. The lowest BCUT2D eigenvalue weighted by molar-refractivity contribution is -0.0245. The van der Waals surface area contributed by atoms with Gasteiger partial charge in [-0.2, -0.15) is 0 Å². The van der Waals surface area contributed by atoms with Gasteiger partial charge in [-0.15, -0.1) is 0 Å². The zero-order valence-electron chi connectivity index (χ0n) is 16.8. The minimum Gasteiger partial charge on any atom is -0.508 e. The number of hydrogen-bond acceptors (Lipinski definition) is 5. The molecule has 1 aromatic carbocycles. The molecule has 0 radical (unpaired) electrons. The van der Waals surface area contributed by atoms with Crippen molar-refractivity contribution in [2.24, 2.45) is 0 Å². The summed E-state index contributed by atoms with van der Waals surface area (Å²) in [6, 6.07) is 11.0. The van der Waals surface area contributed by atoms with Gasteiger partial charge in [-0.25, -0.2) is 4.79 Å². The first kappa shape index (κ1) is 20.0. The predicted molar refractivity (Wildman–Crippen MR) is 107 cm³/mol. The SMILES string of the molecule is CC(c1ccc(O)cc1)c1ccc(OC2CC(OC(=O)NC(C)(C)C)C2)cn1. The Hall–Kier alpha value is -2.76. The fraction of sp³-hybridized carbons (Fsp3) is 0.455. The maximum absolute atomic E-state index is 11.8. The van der Waals surface area contributed by atoms with Crippen LogP contribution >= 0.6 is 0 Å². The van der Waals surface area contributed by atoms with E-state index in [0.29, 0.717) is 18.6 Å². The summed E-state index contributed by atoms with van der Waals surface area (Å²) < 4.78 is 11.3. The summed E-state index contributed by atoms with van der Waals surface area (Å²) in [6.45, 7) is 7.83. The van der Waals surface area contributed by atoms with Gasteiger partial charge in [0.05, 0.1) is 6.20 Å².